The smallest absolute Gasteiger partial charge is 0.305 e. The van der Waals surface area contributed by atoms with Gasteiger partial charge >= 0.3 is 5.97 Å². The highest BCUT2D eigenvalue weighted by atomic mass is 32.2. The number of fused-ring (bicyclic) bond motifs is 2. The van der Waals surface area contributed by atoms with Crippen LogP contribution >= 0.6 is 0 Å². The molecule has 4 atom stereocenters. The van der Waals surface area contributed by atoms with Crippen LogP contribution in [-0.4, -0.2) is 72.7 Å². The maximum absolute atomic E-state index is 13.1. The van der Waals surface area contributed by atoms with Crippen LogP contribution in [-0.2, 0) is 40.4 Å². The SMILES string of the molecule is CC(C)C(CC(=O)NCCCc1cccnc1)C(=O)NC(CC(=O)O)C(=O)CNS(=O)(=O)CC12CCC(CC1=O)C2(C)C. The minimum atomic E-state index is -4.08. The molecule has 2 saturated carbocycles. The highest BCUT2D eigenvalue weighted by Gasteiger charge is 2.65. The normalized spacial score (nSPS) is 22.3. The molecule has 4 N–H and O–H groups in total. The molecule has 2 aliphatic carbocycles. The van der Waals surface area contributed by atoms with Gasteiger partial charge < -0.3 is 15.7 Å². The fraction of sp³-hybridized carbons (Fsp3) is 0.667. The van der Waals surface area contributed by atoms with Gasteiger partial charge in [-0.15, -0.1) is 0 Å². The molecule has 238 valence electrons. The van der Waals surface area contributed by atoms with E-state index in [1.54, 1.807) is 26.2 Å². The number of aliphatic carboxylic acids is 1. The lowest BCUT2D eigenvalue weighted by Crippen LogP contribution is -2.51. The molecule has 2 aliphatic rings. The van der Waals surface area contributed by atoms with Gasteiger partial charge in [0.2, 0.25) is 21.8 Å². The molecule has 0 aliphatic heterocycles. The van der Waals surface area contributed by atoms with E-state index >= 15 is 0 Å². The molecule has 1 aromatic rings. The van der Waals surface area contributed by atoms with Gasteiger partial charge in [0.15, 0.2) is 5.78 Å². The molecule has 43 heavy (non-hydrogen) atoms. The van der Waals surface area contributed by atoms with Crippen molar-refractivity contribution in [1.29, 1.82) is 0 Å². The van der Waals surface area contributed by atoms with E-state index < -0.39 is 69.2 Å². The molecular formula is C30H44N4O8S. The number of carbonyl (C=O) groups excluding carboxylic acids is 4. The third-order valence-electron chi connectivity index (χ3n) is 9.36. The summed E-state index contributed by atoms with van der Waals surface area (Å²) < 4.78 is 28.3. The van der Waals surface area contributed by atoms with E-state index in [4.69, 9.17) is 0 Å². The summed E-state index contributed by atoms with van der Waals surface area (Å²) in [6, 6.07) is 2.27. The number of pyridine rings is 1. The molecule has 3 rings (SSSR count). The number of nitrogens with zero attached hydrogens (tertiary/aromatic N) is 1. The molecule has 2 fully saturated rings. The minimum Gasteiger partial charge on any atom is -0.481 e. The number of carboxylic acid groups (broad SMARTS) is 1. The first kappa shape index (κ1) is 34.3. The number of rotatable bonds is 17. The predicted molar refractivity (Wildman–Crippen MR) is 158 cm³/mol. The van der Waals surface area contributed by atoms with E-state index in [2.05, 4.69) is 20.3 Å². The Morgan fingerprint density at radius 2 is 1.88 bits per heavy atom. The average molecular weight is 621 g/mol. The van der Waals surface area contributed by atoms with Crippen LogP contribution < -0.4 is 15.4 Å². The van der Waals surface area contributed by atoms with Gasteiger partial charge in [-0.2, -0.15) is 0 Å². The van der Waals surface area contributed by atoms with E-state index in [0.717, 1.165) is 18.4 Å². The first-order valence-corrected chi connectivity index (χ1v) is 16.4. The molecular weight excluding hydrogens is 576 g/mol. The fourth-order valence-electron chi connectivity index (χ4n) is 6.46. The van der Waals surface area contributed by atoms with Gasteiger partial charge in [0.25, 0.3) is 0 Å². The first-order chi connectivity index (χ1) is 20.1. The number of amides is 2. The summed E-state index contributed by atoms with van der Waals surface area (Å²) in [7, 11) is -4.08. The number of hydrogen-bond acceptors (Lipinski definition) is 8. The number of carboxylic acids is 1. The van der Waals surface area contributed by atoms with E-state index in [9.17, 15) is 37.5 Å². The number of sulfonamides is 1. The Hall–Kier alpha value is -3.19. The van der Waals surface area contributed by atoms with Crippen molar-refractivity contribution in [3.8, 4) is 0 Å². The molecule has 4 unspecified atom stereocenters. The number of carbonyl (C=O) groups is 5. The molecule has 0 radical (unpaired) electrons. The van der Waals surface area contributed by atoms with Gasteiger partial charge in [0, 0.05) is 43.1 Å². The van der Waals surface area contributed by atoms with Gasteiger partial charge in [-0.1, -0.05) is 33.8 Å². The summed E-state index contributed by atoms with van der Waals surface area (Å²) in [4.78, 5) is 67.0. The van der Waals surface area contributed by atoms with E-state index in [1.165, 1.54) is 0 Å². The summed E-state index contributed by atoms with van der Waals surface area (Å²) in [5.74, 6) is -4.77. The Morgan fingerprint density at radius 3 is 2.44 bits per heavy atom. The van der Waals surface area contributed by atoms with Crippen LogP contribution in [0.15, 0.2) is 24.5 Å². The van der Waals surface area contributed by atoms with Crippen LogP contribution in [0, 0.1) is 28.6 Å². The third kappa shape index (κ3) is 8.47. The van der Waals surface area contributed by atoms with Crippen molar-refractivity contribution >= 4 is 39.4 Å². The van der Waals surface area contributed by atoms with Gasteiger partial charge in [0.1, 0.15) is 5.78 Å². The summed E-state index contributed by atoms with van der Waals surface area (Å²) in [6.45, 7) is 6.94. The lowest BCUT2D eigenvalue weighted by atomic mass is 9.70. The molecule has 0 saturated heterocycles. The molecule has 1 heterocycles. The lowest BCUT2D eigenvalue weighted by Gasteiger charge is -2.36. The number of hydrogen-bond donors (Lipinski definition) is 4. The molecule has 2 bridgehead atoms. The molecule has 1 aromatic heterocycles. The summed E-state index contributed by atoms with van der Waals surface area (Å²) >= 11 is 0. The zero-order valence-electron chi connectivity index (χ0n) is 25.4. The minimum absolute atomic E-state index is 0.0845. The Labute approximate surface area is 253 Å². The molecule has 2 amide bonds. The Bertz CT molecular complexity index is 1310. The molecule has 12 nitrogen and oxygen atoms in total. The highest BCUT2D eigenvalue weighted by molar-refractivity contribution is 7.89. The maximum atomic E-state index is 13.1. The summed E-state index contributed by atoms with van der Waals surface area (Å²) in [6.07, 6.45) is 5.48. The molecule has 0 spiro atoms. The molecule has 13 heteroatoms. The Balaban J connectivity index is 1.56. The van der Waals surface area contributed by atoms with Crippen molar-refractivity contribution in [3.63, 3.8) is 0 Å². The molecule has 0 aromatic carbocycles. The van der Waals surface area contributed by atoms with Crippen molar-refractivity contribution in [1.82, 2.24) is 20.3 Å². The highest BCUT2D eigenvalue weighted by Crippen LogP contribution is 2.64. The van der Waals surface area contributed by atoms with Crippen molar-refractivity contribution in [2.45, 2.75) is 78.7 Å². The second-order valence-corrected chi connectivity index (χ2v) is 14.5. The monoisotopic (exact) mass is 620 g/mol. The van der Waals surface area contributed by atoms with Crippen LogP contribution in [0.5, 0.6) is 0 Å². The summed E-state index contributed by atoms with van der Waals surface area (Å²) in [5, 5.41) is 14.6. The van der Waals surface area contributed by atoms with Crippen LogP contribution in [0.2, 0.25) is 0 Å². The van der Waals surface area contributed by atoms with E-state index in [1.807, 2.05) is 26.0 Å². The standard InChI is InChI=1S/C30H44N4O8S/c1-19(2)22(14-26(37)32-12-6-8-20-7-5-11-31-16-20)28(40)34-23(15-27(38)39)24(35)17-33-43(41,42)18-30-10-9-21(13-25(30)36)29(30,3)4/h5,7,11,16,19,21-23,33H,6,8-10,12-15,17-18H2,1-4H3,(H,32,37)(H,34,40)(H,38,39). The van der Waals surface area contributed by atoms with Gasteiger partial charge in [0.05, 0.1) is 24.8 Å². The van der Waals surface area contributed by atoms with Gasteiger partial charge in [-0.25, -0.2) is 13.1 Å². The van der Waals surface area contributed by atoms with Crippen molar-refractivity contribution in [2.75, 3.05) is 18.8 Å². The second-order valence-electron chi connectivity index (χ2n) is 12.7. The summed E-state index contributed by atoms with van der Waals surface area (Å²) in [5.41, 5.74) is -0.471. The van der Waals surface area contributed by atoms with E-state index in [-0.39, 0.29) is 29.9 Å². The number of Topliss-reactive ketones (excluding diaryl/α,β-unsaturated/α-hetero) is 2. The third-order valence-corrected chi connectivity index (χ3v) is 10.8. The quantitative estimate of drug-likeness (QED) is 0.188. The van der Waals surface area contributed by atoms with Crippen LogP contribution in [0.1, 0.15) is 71.8 Å². The lowest BCUT2D eigenvalue weighted by molar-refractivity contribution is -0.141. The van der Waals surface area contributed by atoms with Gasteiger partial charge in [-0.3, -0.25) is 29.0 Å². The zero-order valence-corrected chi connectivity index (χ0v) is 26.2. The maximum Gasteiger partial charge on any atom is 0.305 e. The number of aryl methyl sites for hydroxylation is 1. The van der Waals surface area contributed by atoms with Crippen molar-refractivity contribution in [3.05, 3.63) is 30.1 Å². The Morgan fingerprint density at radius 1 is 1.16 bits per heavy atom. The van der Waals surface area contributed by atoms with Crippen LogP contribution in [0.25, 0.3) is 0 Å². The van der Waals surface area contributed by atoms with Crippen LogP contribution in [0.3, 0.4) is 0 Å². The van der Waals surface area contributed by atoms with Crippen molar-refractivity contribution in [2.24, 2.45) is 28.6 Å². The predicted octanol–water partition coefficient (Wildman–Crippen LogP) is 1.64. The number of ketones is 2. The number of nitrogens with one attached hydrogen (secondary N) is 3. The number of aromatic nitrogens is 1. The average Bonchev–Trinajstić information content (AvgIpc) is 3.26. The van der Waals surface area contributed by atoms with Gasteiger partial charge in [-0.05, 0) is 54.6 Å². The van der Waals surface area contributed by atoms with Crippen LogP contribution in [0.4, 0.5) is 0 Å². The zero-order chi connectivity index (χ0) is 32.0. The Kier molecular flexibility index (Phi) is 11.2. The van der Waals surface area contributed by atoms with E-state index in [0.29, 0.717) is 25.8 Å². The topological polar surface area (TPSA) is 189 Å². The largest absolute Gasteiger partial charge is 0.481 e. The second kappa shape index (κ2) is 14.1. The fourth-order valence-corrected chi connectivity index (χ4v) is 8.25. The van der Waals surface area contributed by atoms with Crippen molar-refractivity contribution < 1.29 is 37.5 Å². The first-order valence-electron chi connectivity index (χ1n) is 14.8.